The largest absolute Gasteiger partial charge is 0.396 e. The Kier molecular flexibility index (Phi) is 4.41. The zero-order chi connectivity index (χ0) is 13.0. The van der Waals surface area contributed by atoms with Crippen LogP contribution in [-0.4, -0.2) is 29.7 Å². The van der Waals surface area contributed by atoms with Crippen LogP contribution in [0.1, 0.15) is 37.8 Å². The average molecular weight is 247 g/mol. The van der Waals surface area contributed by atoms with E-state index in [9.17, 15) is 5.11 Å². The summed E-state index contributed by atoms with van der Waals surface area (Å²) in [5, 5.41) is 9.62. The van der Waals surface area contributed by atoms with Crippen LogP contribution >= 0.6 is 0 Å². The molecule has 0 saturated heterocycles. The highest BCUT2D eigenvalue weighted by Gasteiger charge is 2.27. The Hall–Kier alpha value is -0.860. The van der Waals surface area contributed by atoms with Crippen molar-refractivity contribution in [2.75, 3.05) is 19.7 Å². The van der Waals surface area contributed by atoms with Crippen molar-refractivity contribution in [1.29, 1.82) is 0 Å². The number of fused-ring (bicyclic) bond motifs is 1. The number of aliphatic hydroxyl groups is 1. The molecule has 0 aromatic heterocycles. The van der Waals surface area contributed by atoms with Gasteiger partial charge in [0.15, 0.2) is 0 Å². The van der Waals surface area contributed by atoms with Crippen molar-refractivity contribution in [1.82, 2.24) is 4.90 Å². The molecule has 18 heavy (non-hydrogen) atoms. The molecule has 0 amide bonds. The first kappa shape index (κ1) is 13.6. The first-order chi connectivity index (χ1) is 8.67. The Balaban J connectivity index is 2.01. The summed E-state index contributed by atoms with van der Waals surface area (Å²) in [4.78, 5) is 2.49. The molecule has 2 rings (SSSR count). The fraction of sp³-hybridized carbons (Fsp3) is 0.625. The van der Waals surface area contributed by atoms with Gasteiger partial charge in [-0.15, -0.1) is 0 Å². The third-order valence-electron chi connectivity index (χ3n) is 4.05. The van der Waals surface area contributed by atoms with Gasteiger partial charge in [-0.05, 0) is 24.0 Å². The van der Waals surface area contributed by atoms with Gasteiger partial charge < -0.3 is 5.11 Å². The van der Waals surface area contributed by atoms with E-state index in [1.165, 1.54) is 11.1 Å². The highest BCUT2D eigenvalue weighted by Crippen LogP contribution is 2.27. The minimum Gasteiger partial charge on any atom is -0.396 e. The molecule has 1 unspecified atom stereocenters. The SMILES string of the molecule is CCCC(C)(CO)CN1CCc2ccccc2C1. The van der Waals surface area contributed by atoms with E-state index in [-0.39, 0.29) is 5.41 Å². The summed E-state index contributed by atoms with van der Waals surface area (Å²) in [6.07, 6.45) is 3.38. The van der Waals surface area contributed by atoms with Crippen LogP contribution in [0.3, 0.4) is 0 Å². The van der Waals surface area contributed by atoms with Gasteiger partial charge in [0.2, 0.25) is 0 Å². The molecule has 2 heteroatoms. The maximum Gasteiger partial charge on any atom is 0.0497 e. The monoisotopic (exact) mass is 247 g/mol. The molecular weight excluding hydrogens is 222 g/mol. The number of rotatable bonds is 5. The summed E-state index contributed by atoms with van der Waals surface area (Å²) in [5.74, 6) is 0. The first-order valence-electron chi connectivity index (χ1n) is 7.07. The molecule has 2 nitrogen and oxygen atoms in total. The Morgan fingerprint density at radius 1 is 1.28 bits per heavy atom. The van der Waals surface area contributed by atoms with Crippen molar-refractivity contribution >= 4 is 0 Å². The molecule has 100 valence electrons. The zero-order valence-electron chi connectivity index (χ0n) is 11.7. The van der Waals surface area contributed by atoms with Gasteiger partial charge in [-0.3, -0.25) is 4.90 Å². The highest BCUT2D eigenvalue weighted by atomic mass is 16.3. The smallest absolute Gasteiger partial charge is 0.0497 e. The predicted molar refractivity (Wildman–Crippen MR) is 75.5 cm³/mol. The summed E-state index contributed by atoms with van der Waals surface area (Å²) in [6, 6.07) is 8.73. The predicted octanol–water partition coefficient (Wildman–Crippen LogP) is 2.84. The van der Waals surface area contributed by atoms with Crippen molar-refractivity contribution in [2.45, 2.75) is 39.7 Å². The second-order valence-corrected chi connectivity index (χ2v) is 5.95. The van der Waals surface area contributed by atoms with Crippen LogP contribution < -0.4 is 0 Å². The van der Waals surface area contributed by atoms with E-state index < -0.39 is 0 Å². The number of nitrogens with zero attached hydrogens (tertiary/aromatic N) is 1. The van der Waals surface area contributed by atoms with E-state index in [4.69, 9.17) is 0 Å². The van der Waals surface area contributed by atoms with Gasteiger partial charge in [0.05, 0.1) is 0 Å². The van der Waals surface area contributed by atoms with Crippen molar-refractivity contribution in [3.05, 3.63) is 35.4 Å². The second kappa shape index (κ2) is 5.85. The molecule has 0 saturated carbocycles. The Bertz CT molecular complexity index is 390. The number of benzene rings is 1. The quantitative estimate of drug-likeness (QED) is 0.865. The lowest BCUT2D eigenvalue weighted by atomic mass is 9.85. The van der Waals surface area contributed by atoms with E-state index in [0.29, 0.717) is 6.61 Å². The fourth-order valence-electron chi connectivity index (χ4n) is 3.04. The van der Waals surface area contributed by atoms with Crippen molar-refractivity contribution in [3.63, 3.8) is 0 Å². The van der Waals surface area contributed by atoms with E-state index in [0.717, 1.165) is 38.9 Å². The van der Waals surface area contributed by atoms with Crippen LogP contribution in [-0.2, 0) is 13.0 Å². The van der Waals surface area contributed by atoms with Crippen molar-refractivity contribution in [3.8, 4) is 0 Å². The Labute approximate surface area is 111 Å². The van der Waals surface area contributed by atoms with E-state index in [2.05, 4.69) is 43.0 Å². The summed E-state index contributed by atoms with van der Waals surface area (Å²) in [6.45, 7) is 7.85. The van der Waals surface area contributed by atoms with Crippen LogP contribution in [0.15, 0.2) is 24.3 Å². The highest BCUT2D eigenvalue weighted by molar-refractivity contribution is 5.29. The normalized spacial score (nSPS) is 19.3. The minimum absolute atomic E-state index is 0.0566. The van der Waals surface area contributed by atoms with Crippen LogP contribution in [0.2, 0.25) is 0 Å². The first-order valence-corrected chi connectivity index (χ1v) is 7.07. The maximum atomic E-state index is 9.62. The number of aliphatic hydroxyl groups excluding tert-OH is 1. The topological polar surface area (TPSA) is 23.5 Å². The second-order valence-electron chi connectivity index (χ2n) is 5.95. The number of hydrogen-bond acceptors (Lipinski definition) is 2. The van der Waals surface area contributed by atoms with Gasteiger partial charge in [-0.1, -0.05) is 44.5 Å². The third kappa shape index (κ3) is 3.12. The van der Waals surface area contributed by atoms with Crippen molar-refractivity contribution in [2.24, 2.45) is 5.41 Å². The molecule has 0 aliphatic carbocycles. The third-order valence-corrected chi connectivity index (χ3v) is 4.05. The van der Waals surface area contributed by atoms with Gasteiger partial charge in [0.1, 0.15) is 0 Å². The molecule has 0 bridgehead atoms. The molecule has 1 aromatic rings. The lowest BCUT2D eigenvalue weighted by Crippen LogP contribution is -2.40. The van der Waals surface area contributed by atoms with Crippen molar-refractivity contribution < 1.29 is 5.11 Å². The fourth-order valence-corrected chi connectivity index (χ4v) is 3.04. The van der Waals surface area contributed by atoms with Gasteiger partial charge >= 0.3 is 0 Å². The molecule has 0 fully saturated rings. The summed E-state index contributed by atoms with van der Waals surface area (Å²) < 4.78 is 0. The maximum absolute atomic E-state index is 9.62. The standard InChI is InChI=1S/C16H25NO/c1-3-9-16(2,13-18)12-17-10-8-14-6-4-5-7-15(14)11-17/h4-7,18H,3,8-13H2,1-2H3. The molecule has 1 N–H and O–H groups in total. The molecule has 0 spiro atoms. The molecule has 1 atom stereocenters. The van der Waals surface area contributed by atoms with Gasteiger partial charge in [0.25, 0.3) is 0 Å². The van der Waals surface area contributed by atoms with Crippen LogP contribution in [0.4, 0.5) is 0 Å². The molecule has 1 aliphatic rings. The van der Waals surface area contributed by atoms with E-state index in [1.54, 1.807) is 0 Å². The Morgan fingerprint density at radius 2 is 2.00 bits per heavy atom. The zero-order valence-corrected chi connectivity index (χ0v) is 11.7. The van der Waals surface area contributed by atoms with E-state index in [1.807, 2.05) is 0 Å². The summed E-state index contributed by atoms with van der Waals surface area (Å²) in [7, 11) is 0. The lowest BCUT2D eigenvalue weighted by molar-refractivity contribution is 0.0740. The van der Waals surface area contributed by atoms with Crippen LogP contribution in [0.25, 0.3) is 0 Å². The molecule has 1 aromatic carbocycles. The summed E-state index contributed by atoms with van der Waals surface area (Å²) in [5.41, 5.74) is 3.01. The van der Waals surface area contributed by atoms with Gasteiger partial charge in [0, 0.05) is 31.7 Å². The molecule has 1 aliphatic heterocycles. The molecular formula is C16H25NO. The van der Waals surface area contributed by atoms with Gasteiger partial charge in [-0.2, -0.15) is 0 Å². The Morgan fingerprint density at radius 3 is 2.67 bits per heavy atom. The average Bonchev–Trinajstić information content (AvgIpc) is 2.39. The molecule has 1 heterocycles. The molecule has 0 radical (unpaired) electrons. The van der Waals surface area contributed by atoms with Crippen LogP contribution in [0.5, 0.6) is 0 Å². The summed E-state index contributed by atoms with van der Waals surface area (Å²) >= 11 is 0. The number of hydrogen-bond donors (Lipinski definition) is 1. The van der Waals surface area contributed by atoms with Crippen LogP contribution in [0, 0.1) is 5.41 Å². The van der Waals surface area contributed by atoms with E-state index >= 15 is 0 Å². The minimum atomic E-state index is 0.0566. The van der Waals surface area contributed by atoms with Gasteiger partial charge in [-0.25, -0.2) is 0 Å². The lowest BCUT2D eigenvalue weighted by Gasteiger charge is -2.36.